The van der Waals surface area contributed by atoms with Crippen LogP contribution in [-0.2, 0) is 5.41 Å². The molecule has 1 unspecified atom stereocenters. The Kier molecular flexibility index (Phi) is 8.00. The van der Waals surface area contributed by atoms with Crippen LogP contribution in [-0.4, -0.2) is 15.0 Å². The monoisotopic (exact) mass is 781 g/mol. The first-order valence-electron chi connectivity index (χ1n) is 20.4. The number of fused-ring (bicyclic) bond motifs is 13. The number of hydrogen-bond donors (Lipinski definition) is 0. The summed E-state index contributed by atoms with van der Waals surface area (Å²) in [6.45, 7) is 0. The molecule has 2 heterocycles. The smallest absolute Gasteiger partial charge is 0.164 e. The zero-order valence-electron chi connectivity index (χ0n) is 32.5. The standard InChI is InChI=1S/C56H35N3S/c1-3-16-36(17-4-1)39-21-15-22-40(34-39)54-57-53(38-19-5-2-6-20-38)58-55(59-54)41-30-32-46-44-25-10-9-24-43(44)45-26-11-12-27-47(45)56(50(46)35-41)48-28-13-14-29-51(48)60-52-42-23-8-7-18-37(42)31-33-49(52)56/h1-35H. The van der Waals surface area contributed by atoms with Gasteiger partial charge < -0.3 is 0 Å². The summed E-state index contributed by atoms with van der Waals surface area (Å²) >= 11 is 1.89. The van der Waals surface area contributed by atoms with Crippen molar-refractivity contribution in [2.45, 2.75) is 15.2 Å². The van der Waals surface area contributed by atoms with Crippen molar-refractivity contribution in [3.8, 4) is 67.5 Å². The van der Waals surface area contributed by atoms with Gasteiger partial charge in [-0.3, -0.25) is 0 Å². The van der Waals surface area contributed by atoms with Crippen molar-refractivity contribution in [1.82, 2.24) is 15.0 Å². The molecule has 0 saturated carbocycles. The lowest BCUT2D eigenvalue weighted by Gasteiger charge is -2.43. The van der Waals surface area contributed by atoms with Crippen LogP contribution in [0.3, 0.4) is 0 Å². The summed E-state index contributed by atoms with van der Waals surface area (Å²) in [4.78, 5) is 18.3. The molecule has 1 aliphatic heterocycles. The second-order valence-corrected chi connectivity index (χ2v) is 16.5. The van der Waals surface area contributed by atoms with E-state index in [9.17, 15) is 0 Å². The van der Waals surface area contributed by atoms with E-state index in [1.807, 2.05) is 36.0 Å². The quantitative estimate of drug-likeness (QED) is 0.178. The van der Waals surface area contributed by atoms with E-state index in [4.69, 9.17) is 15.0 Å². The zero-order chi connectivity index (χ0) is 39.6. The predicted octanol–water partition coefficient (Wildman–Crippen LogP) is 14.2. The van der Waals surface area contributed by atoms with Crippen molar-refractivity contribution >= 4 is 22.5 Å². The molecule has 0 amide bonds. The lowest BCUT2D eigenvalue weighted by molar-refractivity contribution is 0.711. The predicted molar refractivity (Wildman–Crippen MR) is 246 cm³/mol. The molecule has 3 nitrogen and oxygen atoms in total. The van der Waals surface area contributed by atoms with Crippen LogP contribution in [0.4, 0.5) is 0 Å². The number of rotatable bonds is 4. The van der Waals surface area contributed by atoms with Crippen LogP contribution >= 0.6 is 11.8 Å². The van der Waals surface area contributed by atoms with E-state index in [0.717, 1.165) is 27.8 Å². The average molecular weight is 782 g/mol. The SMILES string of the molecule is c1ccc(-c2cccc(-c3nc(-c4ccccc4)nc(-c4ccc5c(c4)C4(c6ccccc6Sc6c4ccc4ccccc64)c4ccccc4-c4ccccc4-5)n3)c2)cc1. The molecular formula is C56H35N3S. The third-order valence-corrected chi connectivity index (χ3v) is 13.4. The topological polar surface area (TPSA) is 38.7 Å². The Bertz CT molecular complexity index is 3300. The van der Waals surface area contributed by atoms with E-state index in [1.54, 1.807) is 0 Å². The molecule has 4 heteroatoms. The van der Waals surface area contributed by atoms with Crippen molar-refractivity contribution in [3.63, 3.8) is 0 Å². The minimum atomic E-state index is -0.676. The van der Waals surface area contributed by atoms with Crippen LogP contribution in [0.5, 0.6) is 0 Å². The third kappa shape index (κ3) is 5.35. The first-order chi connectivity index (χ1) is 29.7. The molecule has 60 heavy (non-hydrogen) atoms. The van der Waals surface area contributed by atoms with Gasteiger partial charge in [-0.2, -0.15) is 0 Å². The maximum atomic E-state index is 5.33. The molecule has 1 aliphatic carbocycles. The molecule has 0 N–H and O–H groups in total. The minimum Gasteiger partial charge on any atom is -0.208 e. The summed E-state index contributed by atoms with van der Waals surface area (Å²) in [5, 5.41) is 2.50. The Hall–Kier alpha value is -7.40. The van der Waals surface area contributed by atoms with Crippen molar-refractivity contribution in [2.24, 2.45) is 0 Å². The van der Waals surface area contributed by atoms with E-state index < -0.39 is 5.41 Å². The largest absolute Gasteiger partial charge is 0.208 e. The molecule has 0 fully saturated rings. The van der Waals surface area contributed by atoms with Gasteiger partial charge in [0.05, 0.1) is 5.41 Å². The Balaban J connectivity index is 1.17. The highest BCUT2D eigenvalue weighted by Gasteiger charge is 2.48. The van der Waals surface area contributed by atoms with E-state index in [1.165, 1.54) is 65.1 Å². The molecule has 1 atom stereocenters. The van der Waals surface area contributed by atoms with E-state index in [-0.39, 0.29) is 0 Å². The van der Waals surface area contributed by atoms with E-state index in [2.05, 4.69) is 188 Å². The molecule has 1 aromatic heterocycles. The molecule has 280 valence electrons. The van der Waals surface area contributed by atoms with Gasteiger partial charge in [-0.25, -0.2) is 15.0 Å². The number of nitrogens with zero attached hydrogens (tertiary/aromatic N) is 3. The average Bonchev–Trinajstić information content (AvgIpc) is 3.43. The van der Waals surface area contributed by atoms with Gasteiger partial charge in [0.1, 0.15) is 0 Å². The molecule has 0 saturated heterocycles. The fourth-order valence-corrected chi connectivity index (χ4v) is 10.9. The van der Waals surface area contributed by atoms with Gasteiger partial charge in [0.25, 0.3) is 0 Å². The van der Waals surface area contributed by atoms with E-state index in [0.29, 0.717) is 17.5 Å². The lowest BCUT2D eigenvalue weighted by Crippen LogP contribution is -2.34. The Labute approximate surface area is 353 Å². The summed E-state index contributed by atoms with van der Waals surface area (Å²) in [5.74, 6) is 1.90. The summed E-state index contributed by atoms with van der Waals surface area (Å²) in [6.07, 6.45) is 0. The van der Waals surface area contributed by atoms with Crippen molar-refractivity contribution < 1.29 is 0 Å². The third-order valence-electron chi connectivity index (χ3n) is 12.2. The zero-order valence-corrected chi connectivity index (χ0v) is 33.3. The van der Waals surface area contributed by atoms with Crippen LogP contribution in [0.1, 0.15) is 22.3 Å². The summed E-state index contributed by atoms with van der Waals surface area (Å²) < 4.78 is 0. The molecule has 9 aromatic carbocycles. The summed E-state index contributed by atoms with van der Waals surface area (Å²) in [5.41, 5.74) is 14.3. The van der Waals surface area contributed by atoms with Crippen LogP contribution in [0, 0.1) is 0 Å². The molecule has 12 rings (SSSR count). The fourth-order valence-electron chi connectivity index (χ4n) is 9.54. The fraction of sp³-hybridized carbons (Fsp3) is 0.0179. The minimum absolute atomic E-state index is 0.630. The lowest BCUT2D eigenvalue weighted by atomic mass is 9.62. The first-order valence-corrected chi connectivity index (χ1v) is 21.2. The number of aromatic nitrogens is 3. The maximum Gasteiger partial charge on any atom is 0.164 e. The van der Waals surface area contributed by atoms with Crippen LogP contribution < -0.4 is 0 Å². The maximum absolute atomic E-state index is 5.33. The second kappa shape index (κ2) is 13.9. The van der Waals surface area contributed by atoms with Crippen LogP contribution in [0.2, 0.25) is 0 Å². The van der Waals surface area contributed by atoms with Gasteiger partial charge in [0.2, 0.25) is 0 Å². The van der Waals surface area contributed by atoms with Gasteiger partial charge in [-0.15, -0.1) is 0 Å². The molecule has 0 bridgehead atoms. The van der Waals surface area contributed by atoms with Crippen LogP contribution in [0.25, 0.3) is 78.3 Å². The van der Waals surface area contributed by atoms with E-state index >= 15 is 0 Å². The highest BCUT2D eigenvalue weighted by Crippen LogP contribution is 2.62. The highest BCUT2D eigenvalue weighted by atomic mass is 32.2. The van der Waals surface area contributed by atoms with Gasteiger partial charge in [-0.05, 0) is 84.6 Å². The molecule has 2 aliphatic rings. The van der Waals surface area contributed by atoms with Gasteiger partial charge in [0.15, 0.2) is 17.5 Å². The van der Waals surface area contributed by atoms with Gasteiger partial charge in [0, 0.05) is 26.5 Å². The second-order valence-electron chi connectivity index (χ2n) is 15.5. The molecular weight excluding hydrogens is 747 g/mol. The van der Waals surface area contributed by atoms with Crippen LogP contribution in [0.15, 0.2) is 222 Å². The Morgan fingerprint density at radius 3 is 1.63 bits per heavy atom. The molecule has 0 radical (unpaired) electrons. The normalized spacial score (nSPS) is 14.7. The van der Waals surface area contributed by atoms with Gasteiger partial charge >= 0.3 is 0 Å². The summed E-state index contributed by atoms with van der Waals surface area (Å²) in [6, 6.07) is 76.6. The van der Waals surface area contributed by atoms with Crippen molar-refractivity contribution in [1.29, 1.82) is 0 Å². The first kappa shape index (κ1) is 34.6. The Morgan fingerprint density at radius 1 is 0.317 bits per heavy atom. The summed E-state index contributed by atoms with van der Waals surface area (Å²) in [7, 11) is 0. The number of benzene rings is 9. The Morgan fingerprint density at radius 2 is 0.867 bits per heavy atom. The highest BCUT2D eigenvalue weighted by molar-refractivity contribution is 7.99. The molecule has 1 spiro atoms. The number of hydrogen-bond acceptors (Lipinski definition) is 4. The van der Waals surface area contributed by atoms with Crippen molar-refractivity contribution in [2.75, 3.05) is 0 Å². The van der Waals surface area contributed by atoms with Gasteiger partial charge in [-0.1, -0.05) is 206 Å². The molecule has 10 aromatic rings. The van der Waals surface area contributed by atoms with Crippen molar-refractivity contribution in [3.05, 3.63) is 235 Å².